The lowest BCUT2D eigenvalue weighted by Gasteiger charge is -2.17. The number of nitrogens with one attached hydrogen (secondary N) is 1. The van der Waals surface area contributed by atoms with Crippen LogP contribution in [0.5, 0.6) is 5.75 Å². The molecule has 0 fully saturated rings. The topological polar surface area (TPSA) is 73.3 Å². The minimum absolute atomic E-state index is 0.327. The Hall–Kier alpha value is -2.86. The van der Waals surface area contributed by atoms with Gasteiger partial charge in [-0.1, -0.05) is 41.9 Å². The lowest BCUT2D eigenvalue weighted by atomic mass is 10.0. The number of nitrogens with zero attached hydrogens (tertiary/aromatic N) is 1. The molecule has 2 heterocycles. The predicted molar refractivity (Wildman–Crippen MR) is 120 cm³/mol. The minimum Gasteiger partial charge on any atom is -0.486 e. The molecule has 5 nitrogen and oxygen atoms in total. The summed E-state index contributed by atoms with van der Waals surface area (Å²) in [4.78, 5) is 4.54. The summed E-state index contributed by atoms with van der Waals surface area (Å²) in [5, 5.41) is 4.56. The van der Waals surface area contributed by atoms with Gasteiger partial charge in [0, 0.05) is 11.6 Å². The van der Waals surface area contributed by atoms with Crippen LogP contribution in [-0.4, -0.2) is 12.0 Å². The van der Waals surface area contributed by atoms with Gasteiger partial charge in [0.05, 0.1) is 17.6 Å². The number of fused-ring (bicyclic) bond motifs is 1. The minimum atomic E-state index is -0.327. The van der Waals surface area contributed by atoms with Crippen molar-refractivity contribution in [2.75, 3.05) is 7.05 Å². The summed E-state index contributed by atoms with van der Waals surface area (Å²) in [6, 6.07) is 19.3. The van der Waals surface area contributed by atoms with Crippen molar-refractivity contribution in [3.8, 4) is 5.75 Å². The van der Waals surface area contributed by atoms with E-state index in [2.05, 4.69) is 10.3 Å². The SMILES string of the molecule is CNCc1ccc(C(N)Cc2cc(Cl)c3cccnc3c2OCc2ccccc2)o1. The summed E-state index contributed by atoms with van der Waals surface area (Å²) in [5.41, 5.74) is 9.19. The number of nitrogens with two attached hydrogens (primary N) is 1. The van der Waals surface area contributed by atoms with E-state index < -0.39 is 0 Å². The van der Waals surface area contributed by atoms with E-state index in [1.165, 1.54) is 0 Å². The average molecular weight is 422 g/mol. The van der Waals surface area contributed by atoms with Crippen molar-refractivity contribution < 1.29 is 9.15 Å². The molecule has 6 heteroatoms. The molecule has 0 bridgehead atoms. The van der Waals surface area contributed by atoms with Crippen LogP contribution in [0.15, 0.2) is 71.3 Å². The molecule has 0 amide bonds. The highest BCUT2D eigenvalue weighted by atomic mass is 35.5. The van der Waals surface area contributed by atoms with Crippen LogP contribution >= 0.6 is 11.6 Å². The second-order valence-corrected chi connectivity index (χ2v) is 7.57. The molecule has 0 spiro atoms. The van der Waals surface area contributed by atoms with Crippen LogP contribution < -0.4 is 15.8 Å². The molecule has 0 aliphatic heterocycles. The van der Waals surface area contributed by atoms with Crippen LogP contribution in [0.2, 0.25) is 5.02 Å². The molecule has 154 valence electrons. The van der Waals surface area contributed by atoms with E-state index >= 15 is 0 Å². The maximum Gasteiger partial charge on any atom is 0.149 e. The van der Waals surface area contributed by atoms with Gasteiger partial charge in [-0.25, -0.2) is 0 Å². The molecule has 0 saturated carbocycles. The van der Waals surface area contributed by atoms with Crippen molar-refractivity contribution >= 4 is 22.5 Å². The van der Waals surface area contributed by atoms with E-state index in [4.69, 9.17) is 26.5 Å². The Kier molecular flexibility index (Phi) is 6.33. The quantitative estimate of drug-likeness (QED) is 0.417. The van der Waals surface area contributed by atoms with E-state index in [1.54, 1.807) is 6.20 Å². The molecule has 0 aliphatic rings. The van der Waals surface area contributed by atoms with Crippen molar-refractivity contribution in [3.05, 3.63) is 94.5 Å². The molecule has 1 atom stereocenters. The summed E-state index contributed by atoms with van der Waals surface area (Å²) < 4.78 is 12.1. The zero-order valence-corrected chi connectivity index (χ0v) is 17.5. The monoisotopic (exact) mass is 421 g/mol. The molecule has 0 radical (unpaired) electrons. The molecule has 4 rings (SSSR count). The van der Waals surface area contributed by atoms with Crippen molar-refractivity contribution in [2.24, 2.45) is 5.73 Å². The second-order valence-electron chi connectivity index (χ2n) is 7.17. The summed E-state index contributed by atoms with van der Waals surface area (Å²) in [7, 11) is 1.88. The fraction of sp³-hybridized carbons (Fsp3) is 0.208. The van der Waals surface area contributed by atoms with Crippen molar-refractivity contribution in [1.82, 2.24) is 10.3 Å². The van der Waals surface area contributed by atoms with E-state index in [1.807, 2.05) is 67.7 Å². The van der Waals surface area contributed by atoms with Crippen LogP contribution in [0.25, 0.3) is 10.9 Å². The number of furan rings is 1. The zero-order valence-electron chi connectivity index (χ0n) is 16.8. The highest BCUT2D eigenvalue weighted by Gasteiger charge is 2.19. The predicted octanol–water partition coefficient (Wildman–Crippen LogP) is 5.02. The molecule has 30 heavy (non-hydrogen) atoms. The Labute approximate surface area is 180 Å². The first kappa shape index (κ1) is 20.4. The van der Waals surface area contributed by atoms with E-state index in [0.29, 0.717) is 30.3 Å². The number of halogens is 1. The molecule has 1 unspecified atom stereocenters. The van der Waals surface area contributed by atoms with Crippen LogP contribution in [0, 0.1) is 0 Å². The third-order valence-corrected chi connectivity index (χ3v) is 5.25. The van der Waals surface area contributed by atoms with Gasteiger partial charge in [-0.15, -0.1) is 0 Å². The maximum atomic E-state index is 6.56. The van der Waals surface area contributed by atoms with Gasteiger partial charge in [-0.05, 0) is 54.9 Å². The van der Waals surface area contributed by atoms with Crippen LogP contribution in [0.1, 0.15) is 28.7 Å². The Morgan fingerprint density at radius 2 is 1.97 bits per heavy atom. The average Bonchev–Trinajstić information content (AvgIpc) is 3.23. The Balaban J connectivity index is 1.66. The van der Waals surface area contributed by atoms with E-state index in [9.17, 15) is 0 Å². The maximum absolute atomic E-state index is 6.56. The molecule has 2 aromatic carbocycles. The van der Waals surface area contributed by atoms with Crippen molar-refractivity contribution in [1.29, 1.82) is 0 Å². The fourth-order valence-electron chi connectivity index (χ4n) is 3.47. The highest BCUT2D eigenvalue weighted by molar-refractivity contribution is 6.35. The first-order valence-electron chi connectivity index (χ1n) is 9.87. The van der Waals surface area contributed by atoms with Crippen molar-refractivity contribution in [2.45, 2.75) is 25.6 Å². The molecule has 0 saturated heterocycles. The molecule has 3 N–H and O–H groups in total. The Morgan fingerprint density at radius 3 is 2.77 bits per heavy atom. The fourth-order valence-corrected chi connectivity index (χ4v) is 3.75. The summed E-state index contributed by atoms with van der Waals surface area (Å²) in [6.07, 6.45) is 2.26. The number of aromatic nitrogens is 1. The van der Waals surface area contributed by atoms with E-state index in [0.717, 1.165) is 33.6 Å². The van der Waals surface area contributed by atoms with Gasteiger partial charge in [0.1, 0.15) is 29.4 Å². The molecular formula is C24H24ClN3O2. The summed E-state index contributed by atoms with van der Waals surface area (Å²) in [6.45, 7) is 1.09. The van der Waals surface area contributed by atoms with Gasteiger partial charge in [0.25, 0.3) is 0 Å². The third-order valence-electron chi connectivity index (χ3n) is 4.94. The van der Waals surface area contributed by atoms with Gasteiger partial charge < -0.3 is 20.2 Å². The standard InChI is InChI=1S/C24H24ClN3O2/c1-27-14-18-9-10-22(30-18)21(26)13-17-12-20(25)19-8-5-11-28-23(19)24(17)29-15-16-6-3-2-4-7-16/h2-12,21,27H,13-15,26H2,1H3. The Bertz CT molecular complexity index is 1130. The van der Waals surface area contributed by atoms with Gasteiger partial charge >= 0.3 is 0 Å². The van der Waals surface area contributed by atoms with Gasteiger partial charge in [-0.2, -0.15) is 0 Å². The van der Waals surface area contributed by atoms with Crippen molar-refractivity contribution in [3.63, 3.8) is 0 Å². The molecule has 0 aliphatic carbocycles. The van der Waals surface area contributed by atoms with Crippen LogP contribution in [0.3, 0.4) is 0 Å². The zero-order chi connectivity index (χ0) is 20.9. The van der Waals surface area contributed by atoms with Crippen LogP contribution in [-0.2, 0) is 19.6 Å². The number of hydrogen-bond acceptors (Lipinski definition) is 5. The number of hydrogen-bond donors (Lipinski definition) is 2. The third kappa shape index (κ3) is 4.49. The van der Waals surface area contributed by atoms with Gasteiger partial charge in [-0.3, -0.25) is 4.98 Å². The van der Waals surface area contributed by atoms with E-state index in [-0.39, 0.29) is 6.04 Å². The lowest BCUT2D eigenvalue weighted by molar-refractivity contribution is 0.305. The normalized spacial score (nSPS) is 12.2. The first-order valence-corrected chi connectivity index (χ1v) is 10.2. The first-order chi connectivity index (χ1) is 14.7. The molecular weight excluding hydrogens is 398 g/mol. The van der Waals surface area contributed by atoms with Gasteiger partial charge in [0.15, 0.2) is 0 Å². The number of rotatable bonds is 8. The summed E-state index contributed by atoms with van der Waals surface area (Å²) in [5.74, 6) is 2.28. The molecule has 2 aromatic heterocycles. The number of benzene rings is 2. The summed E-state index contributed by atoms with van der Waals surface area (Å²) >= 11 is 6.56. The highest BCUT2D eigenvalue weighted by Crippen LogP contribution is 2.36. The number of pyridine rings is 1. The Morgan fingerprint density at radius 1 is 1.13 bits per heavy atom. The number of ether oxygens (including phenoxy) is 1. The van der Waals surface area contributed by atoms with Gasteiger partial charge in [0.2, 0.25) is 0 Å². The lowest BCUT2D eigenvalue weighted by Crippen LogP contribution is -2.14. The largest absolute Gasteiger partial charge is 0.486 e. The smallest absolute Gasteiger partial charge is 0.149 e. The second kappa shape index (κ2) is 9.30. The molecule has 4 aromatic rings. The van der Waals surface area contributed by atoms with Crippen LogP contribution in [0.4, 0.5) is 0 Å².